The first-order valence-electron chi connectivity index (χ1n) is 6.84. The highest BCUT2D eigenvalue weighted by Crippen LogP contribution is 2.26. The molecule has 4 heteroatoms. The number of nitrogens with zero attached hydrogens (tertiary/aromatic N) is 2. The summed E-state index contributed by atoms with van der Waals surface area (Å²) in [6.07, 6.45) is 2.16. The number of carbonyl (C=O) groups excluding carboxylic acids is 2. The lowest BCUT2D eigenvalue weighted by molar-refractivity contribution is -0.135. The fourth-order valence-electron chi connectivity index (χ4n) is 2.94. The van der Waals surface area contributed by atoms with Crippen molar-refractivity contribution in [3.8, 4) is 0 Å². The quantitative estimate of drug-likeness (QED) is 0.769. The maximum absolute atomic E-state index is 12.6. The van der Waals surface area contributed by atoms with Crippen LogP contribution in [-0.2, 0) is 9.59 Å². The first-order valence-corrected chi connectivity index (χ1v) is 6.84. The van der Waals surface area contributed by atoms with Gasteiger partial charge in [-0.05, 0) is 31.9 Å². The van der Waals surface area contributed by atoms with Crippen LogP contribution in [0, 0.1) is 6.92 Å². The highest BCUT2D eigenvalue weighted by molar-refractivity contribution is 6.01. The van der Waals surface area contributed by atoms with Gasteiger partial charge >= 0.3 is 0 Å². The maximum atomic E-state index is 12.6. The summed E-state index contributed by atoms with van der Waals surface area (Å²) in [5.41, 5.74) is 2.07. The number of rotatable bonds is 1. The minimum Gasteiger partial charge on any atom is -0.331 e. The molecule has 2 heterocycles. The van der Waals surface area contributed by atoms with Crippen LogP contribution >= 0.6 is 0 Å². The molecule has 2 amide bonds. The summed E-state index contributed by atoms with van der Waals surface area (Å²) in [7, 11) is 0. The van der Waals surface area contributed by atoms with Crippen molar-refractivity contribution >= 4 is 17.5 Å². The minimum absolute atomic E-state index is 0.0761. The second kappa shape index (κ2) is 4.68. The van der Waals surface area contributed by atoms with Crippen LogP contribution in [0.15, 0.2) is 24.3 Å². The summed E-state index contributed by atoms with van der Waals surface area (Å²) >= 11 is 0. The molecular formula is C15H18N2O2. The van der Waals surface area contributed by atoms with Crippen molar-refractivity contribution in [1.82, 2.24) is 4.90 Å². The zero-order valence-corrected chi connectivity index (χ0v) is 11.1. The average Bonchev–Trinajstić information content (AvgIpc) is 2.85. The fraction of sp³-hybridized carbons (Fsp3) is 0.467. The second-order valence-electron chi connectivity index (χ2n) is 5.32. The third-order valence-electron chi connectivity index (χ3n) is 4.02. The van der Waals surface area contributed by atoms with Crippen molar-refractivity contribution in [2.24, 2.45) is 0 Å². The van der Waals surface area contributed by atoms with Gasteiger partial charge in [0.2, 0.25) is 11.8 Å². The Morgan fingerprint density at radius 2 is 1.84 bits per heavy atom. The van der Waals surface area contributed by atoms with Crippen LogP contribution in [0.2, 0.25) is 0 Å². The first-order chi connectivity index (χ1) is 9.16. The lowest BCUT2D eigenvalue weighted by Gasteiger charge is -2.25. The van der Waals surface area contributed by atoms with Crippen LogP contribution < -0.4 is 4.90 Å². The van der Waals surface area contributed by atoms with Crippen molar-refractivity contribution in [3.05, 3.63) is 29.8 Å². The molecular weight excluding hydrogens is 240 g/mol. The van der Waals surface area contributed by atoms with Gasteiger partial charge in [-0.3, -0.25) is 9.59 Å². The van der Waals surface area contributed by atoms with E-state index in [-0.39, 0.29) is 17.9 Å². The predicted molar refractivity (Wildman–Crippen MR) is 72.9 cm³/mol. The van der Waals surface area contributed by atoms with Gasteiger partial charge in [0.05, 0.1) is 0 Å². The van der Waals surface area contributed by atoms with Crippen LogP contribution in [0.5, 0.6) is 0 Å². The van der Waals surface area contributed by atoms with Crippen LogP contribution in [0.3, 0.4) is 0 Å². The van der Waals surface area contributed by atoms with Crippen molar-refractivity contribution in [3.63, 3.8) is 0 Å². The van der Waals surface area contributed by atoms with Gasteiger partial charge in [-0.2, -0.15) is 0 Å². The number of aryl methyl sites for hydroxylation is 1. The molecule has 0 saturated carbocycles. The first kappa shape index (κ1) is 12.2. The smallest absolute Gasteiger partial charge is 0.249 e. The summed E-state index contributed by atoms with van der Waals surface area (Å²) in [4.78, 5) is 28.1. The van der Waals surface area contributed by atoms with Gasteiger partial charge in [-0.1, -0.05) is 17.7 Å². The zero-order chi connectivity index (χ0) is 13.4. The van der Waals surface area contributed by atoms with E-state index >= 15 is 0 Å². The molecule has 0 aliphatic carbocycles. The molecule has 0 radical (unpaired) electrons. The molecule has 2 aliphatic heterocycles. The van der Waals surface area contributed by atoms with E-state index in [9.17, 15) is 9.59 Å². The number of amides is 2. The molecule has 3 rings (SSSR count). The van der Waals surface area contributed by atoms with Gasteiger partial charge in [0.1, 0.15) is 6.04 Å². The monoisotopic (exact) mass is 258 g/mol. The minimum atomic E-state index is -0.240. The Labute approximate surface area is 113 Å². The predicted octanol–water partition coefficient (Wildman–Crippen LogP) is 1.72. The normalized spacial score (nSPS) is 23.5. The van der Waals surface area contributed by atoms with Crippen molar-refractivity contribution in [1.29, 1.82) is 0 Å². The van der Waals surface area contributed by atoms with Gasteiger partial charge in [0.25, 0.3) is 0 Å². The molecule has 19 heavy (non-hydrogen) atoms. The van der Waals surface area contributed by atoms with Crippen molar-refractivity contribution in [2.45, 2.75) is 32.2 Å². The summed E-state index contributed by atoms with van der Waals surface area (Å²) in [5.74, 6) is 0.192. The molecule has 0 spiro atoms. The van der Waals surface area contributed by atoms with Gasteiger partial charge in [0.15, 0.2) is 0 Å². The lowest BCUT2D eigenvalue weighted by atomic mass is 10.1. The molecule has 0 aromatic heterocycles. The van der Waals surface area contributed by atoms with E-state index in [0.29, 0.717) is 13.0 Å². The highest BCUT2D eigenvalue weighted by Gasteiger charge is 2.39. The second-order valence-corrected chi connectivity index (χ2v) is 5.32. The van der Waals surface area contributed by atoms with Crippen LogP contribution in [-0.4, -0.2) is 35.8 Å². The van der Waals surface area contributed by atoms with Crippen molar-refractivity contribution < 1.29 is 9.59 Å². The van der Waals surface area contributed by atoms with Gasteiger partial charge in [-0.25, -0.2) is 0 Å². The van der Waals surface area contributed by atoms with E-state index in [4.69, 9.17) is 0 Å². The Morgan fingerprint density at radius 3 is 2.58 bits per heavy atom. The fourth-order valence-corrected chi connectivity index (χ4v) is 2.94. The third-order valence-corrected chi connectivity index (χ3v) is 4.02. The van der Waals surface area contributed by atoms with E-state index in [2.05, 4.69) is 0 Å². The van der Waals surface area contributed by atoms with E-state index < -0.39 is 0 Å². The summed E-state index contributed by atoms with van der Waals surface area (Å²) in [6.45, 7) is 3.25. The van der Waals surface area contributed by atoms with Gasteiger partial charge in [0, 0.05) is 25.2 Å². The molecule has 1 atom stereocenters. The molecule has 1 aromatic carbocycles. The molecule has 4 nitrogen and oxygen atoms in total. The molecule has 1 unspecified atom stereocenters. The number of hydrogen-bond acceptors (Lipinski definition) is 2. The van der Waals surface area contributed by atoms with Crippen LogP contribution in [0.1, 0.15) is 24.8 Å². The number of hydrogen-bond donors (Lipinski definition) is 0. The highest BCUT2D eigenvalue weighted by atomic mass is 16.2. The number of fused-ring (bicyclic) bond motifs is 1. The third kappa shape index (κ3) is 2.11. The Balaban J connectivity index is 1.91. The van der Waals surface area contributed by atoms with E-state index in [1.165, 1.54) is 5.56 Å². The Kier molecular flexibility index (Phi) is 3.01. The van der Waals surface area contributed by atoms with E-state index in [1.807, 2.05) is 31.2 Å². The maximum Gasteiger partial charge on any atom is 0.249 e. The van der Waals surface area contributed by atoms with Crippen molar-refractivity contribution in [2.75, 3.05) is 18.0 Å². The number of benzene rings is 1. The van der Waals surface area contributed by atoms with Gasteiger partial charge < -0.3 is 9.80 Å². The Hall–Kier alpha value is -1.84. The number of anilines is 1. The molecule has 0 bridgehead atoms. The Morgan fingerprint density at radius 1 is 1.11 bits per heavy atom. The lowest BCUT2D eigenvalue weighted by Crippen LogP contribution is -2.43. The molecule has 0 N–H and O–H groups in total. The summed E-state index contributed by atoms with van der Waals surface area (Å²) < 4.78 is 0. The average molecular weight is 258 g/mol. The molecule has 1 aromatic rings. The molecule has 2 aliphatic rings. The molecule has 100 valence electrons. The van der Waals surface area contributed by atoms with Gasteiger partial charge in [-0.15, -0.1) is 0 Å². The molecule has 2 saturated heterocycles. The molecule has 2 fully saturated rings. The summed E-state index contributed by atoms with van der Waals surface area (Å²) in [6, 6.07) is 7.69. The summed E-state index contributed by atoms with van der Waals surface area (Å²) in [5, 5.41) is 0. The van der Waals surface area contributed by atoms with Crippen LogP contribution in [0.4, 0.5) is 5.69 Å². The Bertz CT molecular complexity index is 509. The largest absolute Gasteiger partial charge is 0.331 e. The zero-order valence-electron chi connectivity index (χ0n) is 11.1. The SMILES string of the molecule is Cc1ccc(N2CCC(=O)N3CCCC3C2=O)cc1. The van der Waals surface area contributed by atoms with Crippen LogP contribution in [0.25, 0.3) is 0 Å². The van der Waals surface area contributed by atoms with E-state index in [0.717, 1.165) is 25.1 Å². The number of carbonyl (C=O) groups is 2. The standard InChI is InChI=1S/C15H18N2O2/c1-11-4-6-12(7-5-11)16-10-8-14(18)17-9-2-3-13(17)15(16)19/h4-7,13H,2-3,8-10H2,1H3. The topological polar surface area (TPSA) is 40.6 Å². The van der Waals surface area contributed by atoms with E-state index in [1.54, 1.807) is 9.80 Å².